The standard InChI is InChI=1S/C23H18ClFN6O2/c24-17-7-3-15(4-8-17)20-12-21(16-5-9-18(25)10-6-16)31-23(27-28-29-31)30(20)14-22(32)26-13-19-2-1-11-33-19/h1-12,21H,13-14H2,(H,26,32)/t21-/m0/s1. The van der Waals surface area contributed by atoms with Crippen LogP contribution >= 0.6 is 11.6 Å². The smallest absolute Gasteiger partial charge is 0.251 e. The van der Waals surface area contributed by atoms with Crippen molar-refractivity contribution in [1.82, 2.24) is 25.5 Å². The van der Waals surface area contributed by atoms with Crippen molar-refractivity contribution in [3.8, 4) is 0 Å². The summed E-state index contributed by atoms with van der Waals surface area (Å²) in [5.74, 6) is 0.478. The van der Waals surface area contributed by atoms with E-state index in [1.54, 1.807) is 52.2 Å². The molecule has 0 bridgehead atoms. The third-order valence-electron chi connectivity index (χ3n) is 5.28. The van der Waals surface area contributed by atoms with Gasteiger partial charge in [-0.1, -0.05) is 41.0 Å². The Morgan fingerprint density at radius 1 is 1.12 bits per heavy atom. The van der Waals surface area contributed by atoms with E-state index >= 15 is 0 Å². The Balaban J connectivity index is 1.50. The number of nitrogens with one attached hydrogen (secondary N) is 1. The second kappa shape index (κ2) is 8.87. The van der Waals surface area contributed by atoms with Crippen LogP contribution in [0.25, 0.3) is 5.70 Å². The highest BCUT2D eigenvalue weighted by molar-refractivity contribution is 6.30. The van der Waals surface area contributed by atoms with Crippen molar-refractivity contribution >= 4 is 29.2 Å². The zero-order valence-electron chi connectivity index (χ0n) is 17.2. The fraction of sp³-hybridized carbons (Fsp3) is 0.130. The predicted octanol–water partition coefficient (Wildman–Crippen LogP) is 3.83. The van der Waals surface area contributed by atoms with E-state index in [9.17, 15) is 9.18 Å². The van der Waals surface area contributed by atoms with Gasteiger partial charge in [0, 0.05) is 5.02 Å². The number of nitrogens with zero attached hydrogens (tertiary/aromatic N) is 5. The largest absolute Gasteiger partial charge is 0.467 e. The highest BCUT2D eigenvalue weighted by Crippen LogP contribution is 2.36. The number of hydrogen-bond donors (Lipinski definition) is 1. The summed E-state index contributed by atoms with van der Waals surface area (Å²) >= 11 is 6.09. The van der Waals surface area contributed by atoms with Crippen LogP contribution in [0.1, 0.15) is 22.9 Å². The minimum Gasteiger partial charge on any atom is -0.467 e. The van der Waals surface area contributed by atoms with Gasteiger partial charge in [-0.2, -0.15) is 4.68 Å². The Kier molecular flexibility index (Phi) is 5.62. The minimum atomic E-state index is -0.385. The van der Waals surface area contributed by atoms with Crippen molar-refractivity contribution < 1.29 is 13.6 Å². The molecule has 0 saturated heterocycles. The SMILES string of the molecule is O=C(CN1C(c2ccc(Cl)cc2)=C[C@@H](c2ccc(F)cc2)n2nnnc21)NCc1ccco1. The summed E-state index contributed by atoms with van der Waals surface area (Å²) in [5.41, 5.74) is 2.37. The molecule has 5 rings (SSSR count). The zero-order chi connectivity index (χ0) is 22.8. The van der Waals surface area contributed by atoms with Crippen LogP contribution in [0.2, 0.25) is 5.02 Å². The number of fused-ring (bicyclic) bond motifs is 1. The number of carbonyl (C=O) groups is 1. The molecule has 0 fully saturated rings. The van der Waals surface area contributed by atoms with Crippen molar-refractivity contribution in [3.05, 3.63) is 101 Å². The number of carbonyl (C=O) groups excluding carboxylic acids is 1. The number of anilines is 1. The molecule has 1 aliphatic heterocycles. The van der Waals surface area contributed by atoms with E-state index in [0.29, 0.717) is 16.7 Å². The van der Waals surface area contributed by atoms with Crippen LogP contribution in [0.5, 0.6) is 0 Å². The Hall–Kier alpha value is -3.98. The van der Waals surface area contributed by atoms with Crippen LogP contribution in [0.4, 0.5) is 10.3 Å². The lowest BCUT2D eigenvalue weighted by molar-refractivity contribution is -0.119. The van der Waals surface area contributed by atoms with E-state index in [2.05, 4.69) is 20.8 Å². The van der Waals surface area contributed by atoms with E-state index in [1.807, 2.05) is 18.2 Å². The van der Waals surface area contributed by atoms with E-state index < -0.39 is 0 Å². The maximum atomic E-state index is 13.5. The molecule has 2 aromatic heterocycles. The van der Waals surface area contributed by atoms with Gasteiger partial charge in [0.25, 0.3) is 5.95 Å². The third-order valence-corrected chi connectivity index (χ3v) is 5.53. The van der Waals surface area contributed by atoms with Gasteiger partial charge in [-0.05, 0) is 64.0 Å². The van der Waals surface area contributed by atoms with Gasteiger partial charge in [0.05, 0.1) is 18.5 Å². The van der Waals surface area contributed by atoms with Crippen LogP contribution in [-0.2, 0) is 11.3 Å². The van der Waals surface area contributed by atoms with Gasteiger partial charge >= 0.3 is 0 Å². The first-order chi connectivity index (χ1) is 16.1. The number of furan rings is 1. The summed E-state index contributed by atoms with van der Waals surface area (Å²) in [4.78, 5) is 14.5. The summed E-state index contributed by atoms with van der Waals surface area (Å²) in [5, 5.41) is 15.6. The molecule has 1 aliphatic rings. The predicted molar refractivity (Wildman–Crippen MR) is 120 cm³/mol. The minimum absolute atomic E-state index is 0.0221. The van der Waals surface area contributed by atoms with Crippen LogP contribution in [-0.4, -0.2) is 32.7 Å². The lowest BCUT2D eigenvalue weighted by Gasteiger charge is -2.32. The molecule has 33 heavy (non-hydrogen) atoms. The molecule has 3 heterocycles. The Morgan fingerprint density at radius 2 is 1.91 bits per heavy atom. The first-order valence-electron chi connectivity index (χ1n) is 10.2. The maximum absolute atomic E-state index is 13.5. The summed E-state index contributed by atoms with van der Waals surface area (Å²) in [6.07, 6.45) is 3.50. The number of tetrazole rings is 1. The number of halogens is 2. The molecule has 1 amide bonds. The molecule has 4 aromatic rings. The van der Waals surface area contributed by atoms with Crippen LogP contribution in [0.3, 0.4) is 0 Å². The lowest BCUT2D eigenvalue weighted by Crippen LogP contribution is -2.39. The molecule has 166 valence electrons. The molecule has 0 radical (unpaired) electrons. The topological polar surface area (TPSA) is 89.1 Å². The van der Waals surface area contributed by atoms with Crippen molar-refractivity contribution in [2.24, 2.45) is 0 Å². The number of aromatic nitrogens is 4. The molecular formula is C23H18ClFN6O2. The molecule has 0 spiro atoms. The average Bonchev–Trinajstić information content (AvgIpc) is 3.52. The molecule has 2 aromatic carbocycles. The number of allylic oxidation sites excluding steroid dienone is 1. The summed E-state index contributed by atoms with van der Waals surface area (Å²) < 4.78 is 20.4. The molecule has 0 unspecified atom stereocenters. The number of benzene rings is 2. The van der Waals surface area contributed by atoms with E-state index in [4.69, 9.17) is 16.0 Å². The fourth-order valence-corrected chi connectivity index (χ4v) is 3.81. The van der Waals surface area contributed by atoms with Crippen molar-refractivity contribution in [3.63, 3.8) is 0 Å². The van der Waals surface area contributed by atoms with Gasteiger partial charge in [0.1, 0.15) is 24.2 Å². The maximum Gasteiger partial charge on any atom is 0.251 e. The normalized spacial score (nSPS) is 15.2. The fourth-order valence-electron chi connectivity index (χ4n) is 3.69. The first kappa shape index (κ1) is 20.9. The molecule has 8 nitrogen and oxygen atoms in total. The first-order valence-corrected chi connectivity index (χ1v) is 10.5. The van der Waals surface area contributed by atoms with Crippen LogP contribution in [0.15, 0.2) is 77.4 Å². The van der Waals surface area contributed by atoms with Gasteiger partial charge in [-0.3, -0.25) is 9.69 Å². The third kappa shape index (κ3) is 4.35. The van der Waals surface area contributed by atoms with E-state index in [0.717, 1.165) is 16.8 Å². The van der Waals surface area contributed by atoms with E-state index in [1.165, 1.54) is 12.1 Å². The Morgan fingerprint density at radius 3 is 2.64 bits per heavy atom. The monoisotopic (exact) mass is 464 g/mol. The highest BCUT2D eigenvalue weighted by Gasteiger charge is 2.32. The average molecular weight is 465 g/mol. The second-order valence-electron chi connectivity index (χ2n) is 7.42. The van der Waals surface area contributed by atoms with Gasteiger partial charge in [-0.15, -0.1) is 0 Å². The molecule has 1 atom stereocenters. The molecular weight excluding hydrogens is 447 g/mol. The van der Waals surface area contributed by atoms with E-state index in [-0.39, 0.29) is 30.9 Å². The van der Waals surface area contributed by atoms with Gasteiger partial charge < -0.3 is 9.73 Å². The lowest BCUT2D eigenvalue weighted by atomic mass is 10.0. The molecule has 0 aliphatic carbocycles. The second-order valence-corrected chi connectivity index (χ2v) is 7.86. The summed E-state index contributed by atoms with van der Waals surface area (Å²) in [7, 11) is 0. The zero-order valence-corrected chi connectivity index (χ0v) is 18.0. The highest BCUT2D eigenvalue weighted by atomic mass is 35.5. The van der Waals surface area contributed by atoms with Gasteiger partial charge in [0.15, 0.2) is 0 Å². The molecule has 1 N–H and O–H groups in total. The summed E-state index contributed by atoms with van der Waals surface area (Å²) in [6.45, 7) is 0.245. The van der Waals surface area contributed by atoms with Gasteiger partial charge in [0.2, 0.25) is 5.91 Å². The molecule has 0 saturated carbocycles. The van der Waals surface area contributed by atoms with Gasteiger partial charge in [-0.25, -0.2) is 4.39 Å². The number of amides is 1. The summed E-state index contributed by atoms with van der Waals surface area (Å²) in [6, 6.07) is 16.6. The van der Waals surface area contributed by atoms with Crippen LogP contribution < -0.4 is 10.2 Å². The Labute approximate surface area is 193 Å². The molecule has 10 heteroatoms. The van der Waals surface area contributed by atoms with Crippen molar-refractivity contribution in [1.29, 1.82) is 0 Å². The quantitative estimate of drug-likeness (QED) is 0.466. The van der Waals surface area contributed by atoms with Crippen molar-refractivity contribution in [2.75, 3.05) is 11.4 Å². The Bertz CT molecular complexity index is 1290. The number of hydrogen-bond acceptors (Lipinski definition) is 6. The van der Waals surface area contributed by atoms with Crippen molar-refractivity contribution in [2.45, 2.75) is 12.6 Å². The van der Waals surface area contributed by atoms with Crippen LogP contribution in [0, 0.1) is 5.82 Å². The number of rotatable bonds is 6.